The monoisotopic (exact) mass is 387 g/mol. The zero-order valence-electron chi connectivity index (χ0n) is 14.8. The molecule has 0 aliphatic rings. The SMILES string of the molecule is C=CCn1c(SCc2cccc(F)c2)nnc1C(C)Oc1ccc(F)cc1. The van der Waals surface area contributed by atoms with Gasteiger partial charge in [0, 0.05) is 12.3 Å². The van der Waals surface area contributed by atoms with E-state index in [1.54, 1.807) is 24.3 Å². The minimum absolute atomic E-state index is 0.261. The van der Waals surface area contributed by atoms with Gasteiger partial charge in [-0.25, -0.2) is 8.78 Å². The van der Waals surface area contributed by atoms with Crippen LogP contribution in [0.4, 0.5) is 8.78 Å². The average Bonchev–Trinajstić information content (AvgIpc) is 3.05. The number of ether oxygens (including phenoxy) is 1. The molecule has 0 spiro atoms. The molecule has 0 N–H and O–H groups in total. The van der Waals surface area contributed by atoms with Gasteiger partial charge in [0.2, 0.25) is 0 Å². The molecule has 0 amide bonds. The molecule has 1 unspecified atom stereocenters. The molecule has 1 heterocycles. The van der Waals surface area contributed by atoms with E-state index in [-0.39, 0.29) is 17.7 Å². The molecule has 140 valence electrons. The number of rotatable bonds is 8. The van der Waals surface area contributed by atoms with Crippen molar-refractivity contribution in [3.63, 3.8) is 0 Å². The summed E-state index contributed by atoms with van der Waals surface area (Å²) in [6.45, 7) is 6.16. The summed E-state index contributed by atoms with van der Waals surface area (Å²) in [6.07, 6.45) is 1.37. The van der Waals surface area contributed by atoms with Crippen LogP contribution in [0.2, 0.25) is 0 Å². The number of thioether (sulfide) groups is 1. The number of hydrogen-bond donors (Lipinski definition) is 0. The maximum absolute atomic E-state index is 13.3. The van der Waals surface area contributed by atoms with Crippen LogP contribution in [0.3, 0.4) is 0 Å². The van der Waals surface area contributed by atoms with E-state index in [1.807, 2.05) is 17.6 Å². The molecule has 2 aromatic carbocycles. The summed E-state index contributed by atoms with van der Waals surface area (Å²) in [4.78, 5) is 0. The van der Waals surface area contributed by atoms with Crippen LogP contribution in [0.1, 0.15) is 24.4 Å². The fraction of sp³-hybridized carbons (Fsp3) is 0.200. The Morgan fingerprint density at radius 3 is 2.63 bits per heavy atom. The summed E-state index contributed by atoms with van der Waals surface area (Å²) in [5.74, 6) is 1.18. The third-order valence-corrected chi connectivity index (χ3v) is 4.84. The Morgan fingerprint density at radius 2 is 1.93 bits per heavy atom. The molecule has 0 radical (unpaired) electrons. The van der Waals surface area contributed by atoms with Crippen molar-refractivity contribution >= 4 is 11.8 Å². The van der Waals surface area contributed by atoms with E-state index in [9.17, 15) is 8.78 Å². The van der Waals surface area contributed by atoms with E-state index in [1.165, 1.54) is 36.0 Å². The van der Waals surface area contributed by atoms with Gasteiger partial charge in [-0.2, -0.15) is 0 Å². The summed E-state index contributed by atoms with van der Waals surface area (Å²) < 4.78 is 34.1. The second-order valence-corrected chi connectivity index (χ2v) is 6.82. The van der Waals surface area contributed by atoms with Gasteiger partial charge in [-0.15, -0.1) is 16.8 Å². The van der Waals surface area contributed by atoms with Crippen LogP contribution in [0.5, 0.6) is 5.75 Å². The molecule has 0 saturated carbocycles. The van der Waals surface area contributed by atoms with Gasteiger partial charge in [0.15, 0.2) is 17.1 Å². The van der Waals surface area contributed by atoms with Gasteiger partial charge in [-0.1, -0.05) is 30.0 Å². The summed E-state index contributed by atoms with van der Waals surface area (Å²) >= 11 is 1.47. The lowest BCUT2D eigenvalue weighted by molar-refractivity contribution is 0.210. The largest absolute Gasteiger partial charge is 0.483 e. The summed E-state index contributed by atoms with van der Waals surface area (Å²) in [7, 11) is 0. The number of hydrogen-bond acceptors (Lipinski definition) is 4. The molecule has 3 aromatic rings. The Morgan fingerprint density at radius 1 is 1.15 bits per heavy atom. The normalized spacial score (nSPS) is 12.0. The van der Waals surface area contributed by atoms with Crippen molar-refractivity contribution in [3.8, 4) is 5.75 Å². The van der Waals surface area contributed by atoms with Crippen LogP contribution < -0.4 is 4.74 Å². The average molecular weight is 387 g/mol. The first-order chi connectivity index (χ1) is 13.1. The predicted octanol–water partition coefficient (Wildman–Crippen LogP) is 5.17. The highest BCUT2D eigenvalue weighted by molar-refractivity contribution is 7.98. The summed E-state index contributed by atoms with van der Waals surface area (Å²) in [5.41, 5.74) is 0.866. The van der Waals surface area contributed by atoms with E-state index in [2.05, 4.69) is 16.8 Å². The van der Waals surface area contributed by atoms with Crippen LogP contribution in [-0.2, 0) is 12.3 Å². The van der Waals surface area contributed by atoms with Gasteiger partial charge in [-0.05, 0) is 48.9 Å². The number of nitrogens with zero attached hydrogens (tertiary/aromatic N) is 3. The van der Waals surface area contributed by atoms with Crippen molar-refractivity contribution in [2.45, 2.75) is 30.5 Å². The molecular formula is C20H19F2N3OS. The van der Waals surface area contributed by atoms with E-state index in [0.717, 1.165) is 5.56 Å². The predicted molar refractivity (Wildman–Crippen MR) is 102 cm³/mol. The lowest BCUT2D eigenvalue weighted by atomic mass is 10.2. The molecule has 3 rings (SSSR count). The van der Waals surface area contributed by atoms with Crippen LogP contribution in [-0.4, -0.2) is 14.8 Å². The van der Waals surface area contributed by atoms with Crippen LogP contribution >= 0.6 is 11.8 Å². The molecule has 1 atom stereocenters. The van der Waals surface area contributed by atoms with Gasteiger partial charge in [-0.3, -0.25) is 4.57 Å². The standard InChI is InChI=1S/C20H19F2N3OS/c1-3-11-25-19(14(2)26-18-9-7-16(21)8-10-18)23-24-20(25)27-13-15-5-4-6-17(22)12-15/h3-10,12,14H,1,11,13H2,2H3. The van der Waals surface area contributed by atoms with E-state index in [0.29, 0.717) is 29.0 Å². The van der Waals surface area contributed by atoms with Crippen molar-refractivity contribution in [3.05, 3.63) is 84.2 Å². The minimum atomic E-state index is -0.383. The first-order valence-electron chi connectivity index (χ1n) is 8.40. The highest BCUT2D eigenvalue weighted by atomic mass is 32.2. The Hall–Kier alpha value is -2.67. The quantitative estimate of drug-likeness (QED) is 0.395. The fourth-order valence-electron chi connectivity index (χ4n) is 2.55. The van der Waals surface area contributed by atoms with Gasteiger partial charge in [0.1, 0.15) is 17.4 Å². The van der Waals surface area contributed by atoms with Crippen LogP contribution in [0.25, 0.3) is 0 Å². The third kappa shape index (κ3) is 4.95. The zero-order valence-corrected chi connectivity index (χ0v) is 15.6. The van der Waals surface area contributed by atoms with Crippen molar-refractivity contribution in [2.75, 3.05) is 0 Å². The van der Waals surface area contributed by atoms with Gasteiger partial charge >= 0.3 is 0 Å². The molecule has 7 heteroatoms. The van der Waals surface area contributed by atoms with Gasteiger partial charge in [0.05, 0.1) is 0 Å². The second kappa shape index (κ2) is 8.81. The lowest BCUT2D eigenvalue weighted by Crippen LogP contribution is -2.12. The Kier molecular flexibility index (Phi) is 6.24. The molecule has 0 aliphatic heterocycles. The first-order valence-corrected chi connectivity index (χ1v) is 9.39. The van der Waals surface area contributed by atoms with Crippen molar-refractivity contribution in [1.29, 1.82) is 0 Å². The van der Waals surface area contributed by atoms with Crippen LogP contribution in [0, 0.1) is 11.6 Å². The molecule has 0 aliphatic carbocycles. The molecule has 0 fully saturated rings. The van der Waals surface area contributed by atoms with E-state index in [4.69, 9.17) is 4.74 Å². The summed E-state index contributed by atoms with van der Waals surface area (Å²) in [6, 6.07) is 12.3. The second-order valence-electron chi connectivity index (χ2n) is 5.87. The number of benzene rings is 2. The minimum Gasteiger partial charge on any atom is -0.483 e. The Balaban J connectivity index is 1.75. The molecule has 4 nitrogen and oxygen atoms in total. The summed E-state index contributed by atoms with van der Waals surface area (Å²) in [5, 5.41) is 9.19. The number of allylic oxidation sites excluding steroid dienone is 1. The first kappa shape index (κ1) is 19.1. The van der Waals surface area contributed by atoms with E-state index >= 15 is 0 Å². The van der Waals surface area contributed by atoms with Gasteiger partial charge in [0.25, 0.3) is 0 Å². The Labute approximate surface area is 160 Å². The number of aromatic nitrogens is 3. The molecule has 27 heavy (non-hydrogen) atoms. The molecule has 1 aromatic heterocycles. The van der Waals surface area contributed by atoms with E-state index < -0.39 is 0 Å². The molecule has 0 saturated heterocycles. The van der Waals surface area contributed by atoms with Crippen LogP contribution in [0.15, 0.2) is 66.3 Å². The highest BCUT2D eigenvalue weighted by Crippen LogP contribution is 2.27. The fourth-order valence-corrected chi connectivity index (χ4v) is 3.45. The van der Waals surface area contributed by atoms with Crippen molar-refractivity contribution < 1.29 is 13.5 Å². The van der Waals surface area contributed by atoms with Crippen molar-refractivity contribution in [1.82, 2.24) is 14.8 Å². The molecular weight excluding hydrogens is 368 g/mol. The maximum atomic E-state index is 13.3. The Bertz CT molecular complexity index is 912. The zero-order chi connectivity index (χ0) is 19.2. The third-order valence-electron chi connectivity index (χ3n) is 3.80. The lowest BCUT2D eigenvalue weighted by Gasteiger charge is -2.15. The topological polar surface area (TPSA) is 39.9 Å². The number of halogens is 2. The highest BCUT2D eigenvalue weighted by Gasteiger charge is 2.19. The maximum Gasteiger partial charge on any atom is 0.191 e. The van der Waals surface area contributed by atoms with Gasteiger partial charge < -0.3 is 4.74 Å². The van der Waals surface area contributed by atoms with Crippen molar-refractivity contribution in [2.24, 2.45) is 0 Å². The smallest absolute Gasteiger partial charge is 0.191 e. The molecule has 0 bridgehead atoms.